The van der Waals surface area contributed by atoms with Gasteiger partial charge in [-0.1, -0.05) is 25.0 Å². The number of phenols is 2. The molecule has 1 rings (SSSR count). The minimum Gasteiger partial charge on any atom is -0.504 e. The van der Waals surface area contributed by atoms with Crippen molar-refractivity contribution in [2.24, 2.45) is 0 Å². The zero-order valence-electron chi connectivity index (χ0n) is 8.70. The van der Waals surface area contributed by atoms with Gasteiger partial charge in [0.05, 0.1) is 6.04 Å². The number of hydrogen-bond donors (Lipinski definition) is 3. The third-order valence-corrected chi connectivity index (χ3v) is 2.25. The molecule has 0 spiro atoms. The van der Waals surface area contributed by atoms with Crippen molar-refractivity contribution in [2.45, 2.75) is 25.9 Å². The molecule has 0 aliphatic heterocycles. The predicted molar refractivity (Wildman–Crippen MR) is 59.5 cm³/mol. The van der Waals surface area contributed by atoms with Gasteiger partial charge in [0.2, 0.25) is 0 Å². The molecule has 0 fully saturated rings. The molecule has 3 nitrogen and oxygen atoms in total. The molecule has 0 saturated carbocycles. The molecule has 0 amide bonds. The van der Waals surface area contributed by atoms with Crippen molar-refractivity contribution in [1.82, 2.24) is 5.32 Å². The van der Waals surface area contributed by atoms with Crippen LogP contribution in [0.3, 0.4) is 0 Å². The number of aromatic hydroxyl groups is 2. The molecule has 1 atom stereocenters. The maximum Gasteiger partial charge on any atom is 0.161 e. The fourth-order valence-electron chi connectivity index (χ4n) is 1.27. The lowest BCUT2D eigenvalue weighted by molar-refractivity contribution is 0.397. The van der Waals surface area contributed by atoms with Crippen molar-refractivity contribution in [3.8, 4) is 23.8 Å². The van der Waals surface area contributed by atoms with Crippen LogP contribution < -0.4 is 5.32 Å². The lowest BCUT2D eigenvalue weighted by atomic mass is 10.1. The monoisotopic (exact) mass is 205 g/mol. The summed E-state index contributed by atoms with van der Waals surface area (Å²) in [6.07, 6.45) is 6.12. The standard InChI is InChI=1S/C12H15NO2/c1-3-10(4-2)13-8-9-6-5-7-11(14)12(9)15/h1,5-7,10,13-15H,4,8H2,2H3. The van der Waals surface area contributed by atoms with Crippen LogP contribution in [0.15, 0.2) is 18.2 Å². The van der Waals surface area contributed by atoms with Gasteiger partial charge in [-0.2, -0.15) is 0 Å². The summed E-state index contributed by atoms with van der Waals surface area (Å²) in [5, 5.41) is 21.9. The molecule has 0 heterocycles. The van der Waals surface area contributed by atoms with Gasteiger partial charge in [-0.3, -0.25) is 5.32 Å². The van der Waals surface area contributed by atoms with E-state index in [1.807, 2.05) is 6.92 Å². The van der Waals surface area contributed by atoms with E-state index in [0.717, 1.165) is 6.42 Å². The van der Waals surface area contributed by atoms with Crippen molar-refractivity contribution in [3.63, 3.8) is 0 Å². The van der Waals surface area contributed by atoms with Crippen molar-refractivity contribution >= 4 is 0 Å². The van der Waals surface area contributed by atoms with Crippen LogP contribution in [0.25, 0.3) is 0 Å². The summed E-state index contributed by atoms with van der Waals surface area (Å²) in [6, 6.07) is 4.86. The molecule has 1 unspecified atom stereocenters. The van der Waals surface area contributed by atoms with Gasteiger partial charge in [0, 0.05) is 12.1 Å². The highest BCUT2D eigenvalue weighted by atomic mass is 16.3. The average Bonchev–Trinajstić information content (AvgIpc) is 2.25. The molecule has 80 valence electrons. The van der Waals surface area contributed by atoms with Crippen LogP contribution >= 0.6 is 0 Å². The SMILES string of the molecule is C#CC(CC)NCc1cccc(O)c1O. The second kappa shape index (κ2) is 5.28. The molecule has 0 saturated heterocycles. The van der Waals surface area contributed by atoms with Crippen molar-refractivity contribution in [1.29, 1.82) is 0 Å². The van der Waals surface area contributed by atoms with E-state index < -0.39 is 0 Å². The topological polar surface area (TPSA) is 52.5 Å². The van der Waals surface area contributed by atoms with Crippen LogP contribution in [0.1, 0.15) is 18.9 Å². The van der Waals surface area contributed by atoms with Gasteiger partial charge in [0.1, 0.15) is 0 Å². The first-order chi connectivity index (χ1) is 7.19. The minimum absolute atomic E-state index is 0.00764. The lowest BCUT2D eigenvalue weighted by Crippen LogP contribution is -2.26. The molecule has 0 aliphatic carbocycles. The van der Waals surface area contributed by atoms with Gasteiger partial charge in [0.25, 0.3) is 0 Å². The molecule has 0 radical (unpaired) electrons. The summed E-state index contributed by atoms with van der Waals surface area (Å²) in [7, 11) is 0. The summed E-state index contributed by atoms with van der Waals surface area (Å²) < 4.78 is 0. The molecular weight excluding hydrogens is 190 g/mol. The maximum atomic E-state index is 9.51. The predicted octanol–water partition coefficient (Wildman–Crippen LogP) is 1.60. The van der Waals surface area contributed by atoms with Gasteiger partial charge in [-0.15, -0.1) is 6.42 Å². The first-order valence-electron chi connectivity index (χ1n) is 4.88. The number of terminal acetylenes is 1. The van der Waals surface area contributed by atoms with E-state index in [9.17, 15) is 10.2 Å². The Morgan fingerprint density at radius 2 is 2.20 bits per heavy atom. The number of nitrogens with one attached hydrogen (secondary N) is 1. The van der Waals surface area contributed by atoms with Crippen LogP contribution in [-0.2, 0) is 6.54 Å². The van der Waals surface area contributed by atoms with E-state index in [-0.39, 0.29) is 17.5 Å². The Morgan fingerprint density at radius 3 is 2.80 bits per heavy atom. The highest BCUT2D eigenvalue weighted by molar-refractivity contribution is 5.44. The summed E-state index contributed by atoms with van der Waals surface area (Å²) in [6.45, 7) is 2.43. The van der Waals surface area contributed by atoms with E-state index in [4.69, 9.17) is 6.42 Å². The van der Waals surface area contributed by atoms with Gasteiger partial charge < -0.3 is 10.2 Å². The highest BCUT2D eigenvalue weighted by Gasteiger charge is 2.07. The number of benzene rings is 1. The smallest absolute Gasteiger partial charge is 0.161 e. The molecular formula is C12H15NO2. The van der Waals surface area contributed by atoms with E-state index >= 15 is 0 Å². The first-order valence-corrected chi connectivity index (χ1v) is 4.88. The molecule has 3 heteroatoms. The Kier molecular flexibility index (Phi) is 4.02. The molecule has 3 N–H and O–H groups in total. The number of phenolic OH excluding ortho intramolecular Hbond substituents is 2. The molecule has 0 aromatic heterocycles. The summed E-state index contributed by atoms with van der Waals surface area (Å²) in [4.78, 5) is 0. The van der Waals surface area contributed by atoms with E-state index in [2.05, 4.69) is 11.2 Å². The second-order valence-electron chi connectivity index (χ2n) is 3.29. The molecule has 1 aromatic rings. The third kappa shape index (κ3) is 2.90. The first kappa shape index (κ1) is 11.4. The Morgan fingerprint density at radius 1 is 1.47 bits per heavy atom. The summed E-state index contributed by atoms with van der Waals surface area (Å²) >= 11 is 0. The van der Waals surface area contributed by atoms with E-state index in [1.165, 1.54) is 6.07 Å². The maximum absolute atomic E-state index is 9.51. The molecule has 15 heavy (non-hydrogen) atoms. The highest BCUT2D eigenvalue weighted by Crippen LogP contribution is 2.27. The van der Waals surface area contributed by atoms with Crippen LogP contribution in [0.2, 0.25) is 0 Å². The van der Waals surface area contributed by atoms with Crippen LogP contribution in [0, 0.1) is 12.3 Å². The Labute approximate surface area is 89.8 Å². The van der Waals surface area contributed by atoms with E-state index in [0.29, 0.717) is 12.1 Å². The zero-order valence-corrected chi connectivity index (χ0v) is 8.70. The van der Waals surface area contributed by atoms with Crippen molar-refractivity contribution in [2.75, 3.05) is 0 Å². The van der Waals surface area contributed by atoms with Gasteiger partial charge in [-0.25, -0.2) is 0 Å². The van der Waals surface area contributed by atoms with Gasteiger partial charge in [-0.05, 0) is 12.5 Å². The third-order valence-electron chi connectivity index (χ3n) is 2.25. The normalized spacial score (nSPS) is 12.0. The largest absolute Gasteiger partial charge is 0.504 e. The molecule has 0 bridgehead atoms. The average molecular weight is 205 g/mol. The molecule has 0 aliphatic rings. The Bertz CT molecular complexity index is 368. The Balaban J connectivity index is 2.66. The van der Waals surface area contributed by atoms with Crippen LogP contribution in [0.5, 0.6) is 11.5 Å². The lowest BCUT2D eigenvalue weighted by Gasteiger charge is -2.11. The van der Waals surface area contributed by atoms with Crippen LogP contribution in [0.4, 0.5) is 0 Å². The second-order valence-corrected chi connectivity index (χ2v) is 3.29. The van der Waals surface area contributed by atoms with Crippen molar-refractivity contribution < 1.29 is 10.2 Å². The zero-order chi connectivity index (χ0) is 11.3. The summed E-state index contributed by atoms with van der Waals surface area (Å²) in [5.41, 5.74) is 0.642. The molecule has 1 aromatic carbocycles. The number of hydrogen-bond acceptors (Lipinski definition) is 3. The van der Waals surface area contributed by atoms with Gasteiger partial charge in [0.15, 0.2) is 11.5 Å². The van der Waals surface area contributed by atoms with Crippen molar-refractivity contribution in [3.05, 3.63) is 23.8 Å². The number of rotatable bonds is 4. The summed E-state index contributed by atoms with van der Waals surface area (Å²) in [5.74, 6) is 2.41. The minimum atomic E-state index is -0.108. The Hall–Kier alpha value is -1.66. The number of para-hydroxylation sites is 1. The quantitative estimate of drug-likeness (QED) is 0.517. The fraction of sp³-hybridized carbons (Fsp3) is 0.333. The fourth-order valence-corrected chi connectivity index (χ4v) is 1.27. The van der Waals surface area contributed by atoms with E-state index in [1.54, 1.807) is 12.1 Å². The van der Waals surface area contributed by atoms with Crippen LogP contribution in [-0.4, -0.2) is 16.3 Å². The van der Waals surface area contributed by atoms with Gasteiger partial charge >= 0.3 is 0 Å².